The van der Waals surface area contributed by atoms with E-state index in [0.29, 0.717) is 0 Å². The van der Waals surface area contributed by atoms with Crippen LogP contribution in [-0.4, -0.2) is 13.3 Å². The summed E-state index contributed by atoms with van der Waals surface area (Å²) >= 11 is 0. The Kier molecular flexibility index (Phi) is 2.86. The molecule has 1 aliphatic carbocycles. The molecular weight excluding hydrogens is 184 g/mol. The third kappa shape index (κ3) is 2.27. The summed E-state index contributed by atoms with van der Waals surface area (Å²) in [7, 11) is 1.85. The SMILES string of the molecule is CN/C=C(\C=N)c1ccc(C2CC2)cc1. The Morgan fingerprint density at radius 1 is 1.33 bits per heavy atom. The lowest BCUT2D eigenvalue weighted by molar-refractivity contribution is 1.11. The van der Waals surface area contributed by atoms with Gasteiger partial charge in [0.15, 0.2) is 0 Å². The third-order valence-electron chi connectivity index (χ3n) is 2.75. The van der Waals surface area contributed by atoms with Gasteiger partial charge in [0.25, 0.3) is 0 Å². The summed E-state index contributed by atoms with van der Waals surface area (Å²) in [6.45, 7) is 0. The molecule has 1 aliphatic rings. The fraction of sp³-hybridized carbons (Fsp3) is 0.308. The molecule has 0 aliphatic heterocycles. The summed E-state index contributed by atoms with van der Waals surface area (Å²) in [5.74, 6) is 0.802. The molecule has 1 aromatic carbocycles. The van der Waals surface area contributed by atoms with Crippen molar-refractivity contribution in [3.8, 4) is 0 Å². The normalized spacial score (nSPS) is 16.2. The topological polar surface area (TPSA) is 35.9 Å². The van der Waals surface area contributed by atoms with Crippen LogP contribution in [-0.2, 0) is 0 Å². The van der Waals surface area contributed by atoms with Crippen LogP contribution >= 0.6 is 0 Å². The van der Waals surface area contributed by atoms with Gasteiger partial charge in [-0.1, -0.05) is 24.3 Å². The van der Waals surface area contributed by atoms with Gasteiger partial charge in [-0.2, -0.15) is 0 Å². The predicted molar refractivity (Wildman–Crippen MR) is 64.2 cm³/mol. The largest absolute Gasteiger partial charge is 0.393 e. The van der Waals surface area contributed by atoms with E-state index in [2.05, 4.69) is 29.6 Å². The monoisotopic (exact) mass is 200 g/mol. The van der Waals surface area contributed by atoms with Crippen LogP contribution in [0.5, 0.6) is 0 Å². The van der Waals surface area contributed by atoms with Crippen molar-refractivity contribution in [3.05, 3.63) is 41.6 Å². The molecule has 1 aromatic rings. The first kappa shape index (κ1) is 9.97. The zero-order valence-electron chi connectivity index (χ0n) is 8.96. The molecule has 0 unspecified atom stereocenters. The molecule has 15 heavy (non-hydrogen) atoms. The van der Waals surface area contributed by atoms with E-state index in [0.717, 1.165) is 17.1 Å². The summed E-state index contributed by atoms with van der Waals surface area (Å²) in [4.78, 5) is 0. The van der Waals surface area contributed by atoms with Crippen LogP contribution in [0.1, 0.15) is 29.9 Å². The van der Waals surface area contributed by atoms with Gasteiger partial charge in [0.1, 0.15) is 0 Å². The van der Waals surface area contributed by atoms with E-state index in [1.165, 1.54) is 24.6 Å². The molecule has 0 bridgehead atoms. The Hall–Kier alpha value is -1.57. The number of nitrogens with one attached hydrogen (secondary N) is 2. The van der Waals surface area contributed by atoms with Crippen molar-refractivity contribution in [1.82, 2.24) is 5.32 Å². The van der Waals surface area contributed by atoms with Gasteiger partial charge in [-0.25, -0.2) is 0 Å². The molecule has 1 saturated carbocycles. The Morgan fingerprint density at radius 2 is 2.00 bits per heavy atom. The standard InChI is InChI=1S/C13H16N2/c1-15-9-13(8-14)12-6-4-11(5-7-12)10-2-3-10/h4-10,14-15H,2-3H2,1H3/b13-9+,14-8?. The van der Waals surface area contributed by atoms with Gasteiger partial charge < -0.3 is 10.7 Å². The minimum atomic E-state index is 0.802. The van der Waals surface area contributed by atoms with Gasteiger partial charge in [0.2, 0.25) is 0 Å². The van der Waals surface area contributed by atoms with Gasteiger partial charge in [0, 0.05) is 25.0 Å². The van der Waals surface area contributed by atoms with Gasteiger partial charge >= 0.3 is 0 Å². The van der Waals surface area contributed by atoms with E-state index < -0.39 is 0 Å². The highest BCUT2D eigenvalue weighted by atomic mass is 14.8. The Labute approximate surface area is 90.5 Å². The molecule has 0 amide bonds. The van der Waals surface area contributed by atoms with Crippen LogP contribution in [0.25, 0.3) is 5.57 Å². The molecule has 0 radical (unpaired) electrons. The maximum atomic E-state index is 7.32. The highest BCUT2D eigenvalue weighted by Crippen LogP contribution is 2.40. The molecular formula is C13H16N2. The number of allylic oxidation sites excluding steroid dienone is 1. The zero-order valence-corrected chi connectivity index (χ0v) is 8.96. The molecule has 1 fully saturated rings. The molecule has 0 spiro atoms. The molecule has 0 heterocycles. The van der Waals surface area contributed by atoms with Crippen molar-refractivity contribution in [2.45, 2.75) is 18.8 Å². The van der Waals surface area contributed by atoms with E-state index >= 15 is 0 Å². The maximum Gasteiger partial charge on any atom is 0.0270 e. The van der Waals surface area contributed by atoms with E-state index in [1.807, 2.05) is 13.2 Å². The third-order valence-corrected chi connectivity index (χ3v) is 2.75. The van der Waals surface area contributed by atoms with Crippen LogP contribution in [0.15, 0.2) is 30.5 Å². The van der Waals surface area contributed by atoms with Gasteiger partial charge in [-0.3, -0.25) is 0 Å². The summed E-state index contributed by atoms with van der Waals surface area (Å²) in [6, 6.07) is 8.56. The van der Waals surface area contributed by atoms with Crippen LogP contribution in [0.3, 0.4) is 0 Å². The molecule has 2 N–H and O–H groups in total. The van der Waals surface area contributed by atoms with Crippen LogP contribution in [0.4, 0.5) is 0 Å². The van der Waals surface area contributed by atoms with E-state index in [9.17, 15) is 0 Å². The Morgan fingerprint density at radius 3 is 2.47 bits per heavy atom. The smallest absolute Gasteiger partial charge is 0.0270 e. The van der Waals surface area contributed by atoms with E-state index in [-0.39, 0.29) is 0 Å². The lowest BCUT2D eigenvalue weighted by atomic mass is 10.0. The molecule has 0 aromatic heterocycles. The lowest BCUT2D eigenvalue weighted by Gasteiger charge is -2.03. The van der Waals surface area contributed by atoms with Gasteiger partial charge in [0.05, 0.1) is 0 Å². The van der Waals surface area contributed by atoms with Crippen LogP contribution in [0, 0.1) is 5.41 Å². The highest BCUT2D eigenvalue weighted by Gasteiger charge is 2.22. The number of hydrogen-bond donors (Lipinski definition) is 2. The Bertz CT molecular complexity index is 372. The van der Waals surface area contributed by atoms with Crippen molar-refractivity contribution in [1.29, 1.82) is 5.41 Å². The molecule has 0 atom stereocenters. The second-order valence-corrected chi connectivity index (χ2v) is 3.93. The van der Waals surface area contributed by atoms with Crippen LogP contribution in [0.2, 0.25) is 0 Å². The molecule has 0 saturated heterocycles. The van der Waals surface area contributed by atoms with Gasteiger partial charge in [-0.15, -0.1) is 0 Å². The summed E-state index contributed by atoms with van der Waals surface area (Å²) in [5.41, 5.74) is 3.45. The first-order valence-electron chi connectivity index (χ1n) is 5.33. The van der Waals surface area contributed by atoms with E-state index in [1.54, 1.807) is 0 Å². The number of benzene rings is 1. The van der Waals surface area contributed by atoms with Crippen molar-refractivity contribution in [2.24, 2.45) is 0 Å². The first-order valence-corrected chi connectivity index (χ1v) is 5.33. The van der Waals surface area contributed by atoms with Gasteiger partial charge in [-0.05, 0) is 29.9 Å². The minimum Gasteiger partial charge on any atom is -0.393 e. The maximum absolute atomic E-state index is 7.32. The molecule has 2 rings (SSSR count). The summed E-state index contributed by atoms with van der Waals surface area (Å²) in [5, 5.41) is 10.3. The average Bonchev–Trinajstić information content (AvgIpc) is 3.10. The highest BCUT2D eigenvalue weighted by molar-refractivity contribution is 6.08. The summed E-state index contributed by atoms with van der Waals surface area (Å²) < 4.78 is 0. The Balaban J connectivity index is 2.21. The van der Waals surface area contributed by atoms with Crippen molar-refractivity contribution < 1.29 is 0 Å². The predicted octanol–water partition coefficient (Wildman–Crippen LogP) is 2.77. The fourth-order valence-electron chi connectivity index (χ4n) is 1.73. The van der Waals surface area contributed by atoms with E-state index in [4.69, 9.17) is 5.41 Å². The zero-order chi connectivity index (χ0) is 10.7. The minimum absolute atomic E-state index is 0.802. The van der Waals surface area contributed by atoms with Crippen molar-refractivity contribution >= 4 is 11.8 Å². The van der Waals surface area contributed by atoms with Crippen molar-refractivity contribution in [2.75, 3.05) is 7.05 Å². The number of rotatable bonds is 4. The number of hydrogen-bond acceptors (Lipinski definition) is 2. The molecule has 78 valence electrons. The second kappa shape index (κ2) is 4.30. The lowest BCUT2D eigenvalue weighted by Crippen LogP contribution is -1.97. The van der Waals surface area contributed by atoms with Crippen molar-refractivity contribution in [3.63, 3.8) is 0 Å². The van der Waals surface area contributed by atoms with Crippen LogP contribution < -0.4 is 5.32 Å². The fourth-order valence-corrected chi connectivity index (χ4v) is 1.73. The molecule has 2 nitrogen and oxygen atoms in total. The second-order valence-electron chi connectivity index (χ2n) is 3.93. The summed E-state index contributed by atoms with van der Waals surface area (Å²) in [6.07, 6.45) is 5.90. The first-order chi connectivity index (χ1) is 7.35. The molecule has 2 heteroatoms. The quantitative estimate of drug-likeness (QED) is 0.720. The average molecular weight is 200 g/mol.